The van der Waals surface area contributed by atoms with Gasteiger partial charge in [-0.25, -0.2) is 20.3 Å². The van der Waals surface area contributed by atoms with Gasteiger partial charge in [0.25, 0.3) is 5.95 Å². The number of aromatic nitrogens is 4. The second-order valence-corrected chi connectivity index (χ2v) is 1.96. The molecule has 0 saturated carbocycles. The molecule has 6 heteroatoms. The number of hydrogen-bond donors (Lipinski definition) is 2. The molecule has 0 radical (unpaired) electrons. The summed E-state index contributed by atoms with van der Waals surface area (Å²) in [6, 6.07) is 0. The van der Waals surface area contributed by atoms with E-state index >= 15 is 0 Å². The summed E-state index contributed by atoms with van der Waals surface area (Å²) in [5, 5.41) is 3.96. The summed E-state index contributed by atoms with van der Waals surface area (Å²) < 4.78 is 1.59. The lowest BCUT2D eigenvalue weighted by molar-refractivity contribution is 0.897. The Balaban J connectivity index is 2.67. The van der Waals surface area contributed by atoms with Gasteiger partial charge in [0.1, 0.15) is 0 Å². The van der Waals surface area contributed by atoms with Gasteiger partial charge in [-0.3, -0.25) is 5.43 Å². The Bertz CT molecular complexity index is 366. The molecule has 0 aliphatic rings. The highest BCUT2D eigenvalue weighted by molar-refractivity contribution is 5.35. The zero-order chi connectivity index (χ0) is 7.68. The zero-order valence-electron chi connectivity index (χ0n) is 5.60. The summed E-state index contributed by atoms with van der Waals surface area (Å²) in [6.07, 6.45) is 4.95. The molecular weight excluding hydrogens is 144 g/mol. The fourth-order valence-corrected chi connectivity index (χ4v) is 0.798. The molecule has 56 valence electrons. The van der Waals surface area contributed by atoms with Crippen molar-refractivity contribution in [3.05, 3.63) is 18.6 Å². The first-order valence-electron chi connectivity index (χ1n) is 3.03. The topological polar surface area (TPSA) is 81.1 Å². The van der Waals surface area contributed by atoms with Gasteiger partial charge in [-0.05, 0) is 0 Å². The molecule has 0 aromatic carbocycles. The van der Waals surface area contributed by atoms with Gasteiger partial charge in [0.05, 0.1) is 6.20 Å². The Kier molecular flexibility index (Phi) is 1.19. The molecule has 0 bridgehead atoms. The number of nitrogens with two attached hydrogens (primary N) is 1. The lowest BCUT2D eigenvalue weighted by Crippen LogP contribution is -2.11. The molecule has 2 aromatic rings. The molecule has 3 N–H and O–H groups in total. The third kappa shape index (κ3) is 0.887. The predicted molar refractivity (Wildman–Crippen MR) is 38.6 cm³/mol. The predicted octanol–water partition coefficient (Wildman–Crippen LogP) is -0.590. The van der Waals surface area contributed by atoms with Crippen LogP contribution in [0.3, 0.4) is 0 Å². The number of nitrogen functional groups attached to an aromatic ring is 1. The fourth-order valence-electron chi connectivity index (χ4n) is 0.798. The molecule has 0 spiro atoms. The first kappa shape index (κ1) is 6.05. The largest absolute Gasteiger partial charge is 0.291 e. The maximum Gasteiger partial charge on any atom is 0.255 e. The van der Waals surface area contributed by atoms with Crippen LogP contribution in [0.25, 0.3) is 5.65 Å². The SMILES string of the molecule is NNc1ncc2nccn2n1. The van der Waals surface area contributed by atoms with Crippen molar-refractivity contribution in [1.82, 2.24) is 19.6 Å². The van der Waals surface area contributed by atoms with Crippen LogP contribution in [0.4, 0.5) is 5.95 Å². The summed E-state index contributed by atoms with van der Waals surface area (Å²) in [4.78, 5) is 7.83. The van der Waals surface area contributed by atoms with E-state index in [0.29, 0.717) is 11.6 Å². The molecule has 2 rings (SSSR count). The minimum absolute atomic E-state index is 0.371. The van der Waals surface area contributed by atoms with Crippen LogP contribution in [-0.2, 0) is 0 Å². The molecule has 0 atom stereocenters. The summed E-state index contributed by atoms with van der Waals surface area (Å²) in [5.74, 6) is 5.47. The molecule has 2 aromatic heterocycles. The minimum atomic E-state index is 0.371. The number of imidazole rings is 1. The molecule has 0 aliphatic heterocycles. The van der Waals surface area contributed by atoms with Gasteiger partial charge in [-0.2, -0.15) is 0 Å². The van der Waals surface area contributed by atoms with Crippen LogP contribution >= 0.6 is 0 Å². The van der Waals surface area contributed by atoms with Crippen molar-refractivity contribution in [2.45, 2.75) is 0 Å². The summed E-state index contributed by atoms with van der Waals surface area (Å²) >= 11 is 0. The lowest BCUT2D eigenvalue weighted by atomic mass is 10.8. The normalized spacial score (nSPS) is 10.3. The van der Waals surface area contributed by atoms with E-state index in [0.717, 1.165) is 0 Å². The van der Waals surface area contributed by atoms with Gasteiger partial charge < -0.3 is 0 Å². The highest BCUT2D eigenvalue weighted by Crippen LogP contribution is 1.97. The lowest BCUT2D eigenvalue weighted by Gasteiger charge is -1.96. The van der Waals surface area contributed by atoms with E-state index in [9.17, 15) is 0 Å². The average molecular weight is 150 g/mol. The zero-order valence-corrected chi connectivity index (χ0v) is 5.60. The summed E-state index contributed by atoms with van der Waals surface area (Å²) in [5.41, 5.74) is 3.04. The van der Waals surface area contributed by atoms with Crippen LogP contribution in [0.2, 0.25) is 0 Å². The van der Waals surface area contributed by atoms with Crippen LogP contribution in [0.5, 0.6) is 0 Å². The summed E-state index contributed by atoms with van der Waals surface area (Å²) in [7, 11) is 0. The maximum absolute atomic E-state index is 5.10. The summed E-state index contributed by atoms with van der Waals surface area (Å²) in [6.45, 7) is 0. The number of rotatable bonds is 1. The number of hydrazine groups is 1. The highest BCUT2D eigenvalue weighted by atomic mass is 15.4. The van der Waals surface area contributed by atoms with Crippen LogP contribution in [0.15, 0.2) is 18.6 Å². The Morgan fingerprint density at radius 2 is 2.36 bits per heavy atom. The fraction of sp³-hybridized carbons (Fsp3) is 0. The Hall–Kier alpha value is -1.69. The van der Waals surface area contributed by atoms with Crippen molar-refractivity contribution >= 4 is 11.6 Å². The van der Waals surface area contributed by atoms with E-state index in [1.807, 2.05) is 0 Å². The van der Waals surface area contributed by atoms with Crippen molar-refractivity contribution < 1.29 is 0 Å². The second-order valence-electron chi connectivity index (χ2n) is 1.96. The van der Waals surface area contributed by atoms with Crippen LogP contribution in [-0.4, -0.2) is 19.6 Å². The molecule has 0 unspecified atom stereocenters. The molecule has 0 aliphatic carbocycles. The van der Waals surface area contributed by atoms with Gasteiger partial charge >= 0.3 is 0 Å². The van der Waals surface area contributed by atoms with Gasteiger partial charge in [0, 0.05) is 12.4 Å². The third-order valence-electron chi connectivity index (χ3n) is 1.28. The molecule has 0 fully saturated rings. The number of hydrogen-bond acceptors (Lipinski definition) is 5. The number of anilines is 1. The Labute approximate surface area is 62.0 Å². The van der Waals surface area contributed by atoms with Crippen molar-refractivity contribution in [1.29, 1.82) is 0 Å². The van der Waals surface area contributed by atoms with Gasteiger partial charge in [0.2, 0.25) is 0 Å². The molecular formula is C5H6N6. The van der Waals surface area contributed by atoms with Crippen LogP contribution in [0, 0.1) is 0 Å². The van der Waals surface area contributed by atoms with E-state index in [2.05, 4.69) is 20.5 Å². The highest BCUT2D eigenvalue weighted by Gasteiger charge is 1.95. The van der Waals surface area contributed by atoms with E-state index in [1.165, 1.54) is 0 Å². The van der Waals surface area contributed by atoms with E-state index in [4.69, 9.17) is 5.84 Å². The minimum Gasteiger partial charge on any atom is -0.291 e. The standard InChI is InChI=1S/C5H6N6/c6-9-5-8-3-4-7-1-2-11(4)10-5/h1-3H,6H2,(H,9,10). The van der Waals surface area contributed by atoms with Crippen molar-refractivity contribution in [3.8, 4) is 0 Å². The monoisotopic (exact) mass is 150 g/mol. The van der Waals surface area contributed by atoms with Crippen LogP contribution < -0.4 is 11.3 Å². The van der Waals surface area contributed by atoms with E-state index < -0.39 is 0 Å². The number of nitrogens with zero attached hydrogens (tertiary/aromatic N) is 4. The van der Waals surface area contributed by atoms with Gasteiger partial charge in [0.15, 0.2) is 5.65 Å². The third-order valence-corrected chi connectivity index (χ3v) is 1.28. The first-order chi connectivity index (χ1) is 5.40. The van der Waals surface area contributed by atoms with Crippen LogP contribution in [0.1, 0.15) is 0 Å². The van der Waals surface area contributed by atoms with Crippen molar-refractivity contribution in [2.75, 3.05) is 5.43 Å². The molecule has 0 amide bonds. The van der Waals surface area contributed by atoms with Crippen molar-refractivity contribution in [3.63, 3.8) is 0 Å². The quantitative estimate of drug-likeness (QED) is 0.419. The Morgan fingerprint density at radius 3 is 3.18 bits per heavy atom. The first-order valence-corrected chi connectivity index (χ1v) is 3.03. The maximum atomic E-state index is 5.10. The number of nitrogens with one attached hydrogen (secondary N) is 1. The van der Waals surface area contributed by atoms with Gasteiger partial charge in [-0.1, -0.05) is 0 Å². The van der Waals surface area contributed by atoms with Gasteiger partial charge in [-0.15, -0.1) is 5.10 Å². The molecule has 0 saturated heterocycles. The average Bonchev–Trinajstić information content (AvgIpc) is 2.50. The van der Waals surface area contributed by atoms with E-state index in [-0.39, 0.29) is 0 Å². The molecule has 2 heterocycles. The molecule has 11 heavy (non-hydrogen) atoms. The molecule has 6 nitrogen and oxygen atoms in total. The Morgan fingerprint density at radius 1 is 1.45 bits per heavy atom. The smallest absolute Gasteiger partial charge is 0.255 e. The van der Waals surface area contributed by atoms with E-state index in [1.54, 1.807) is 23.1 Å². The second kappa shape index (κ2) is 2.17. The number of fused-ring (bicyclic) bond motifs is 1. The van der Waals surface area contributed by atoms with Crippen molar-refractivity contribution in [2.24, 2.45) is 5.84 Å².